The van der Waals surface area contributed by atoms with Gasteiger partial charge in [-0.1, -0.05) is 30.3 Å². The van der Waals surface area contributed by atoms with Crippen LogP contribution in [0.4, 0.5) is 15.8 Å². The Morgan fingerprint density at radius 3 is 2.41 bits per heavy atom. The summed E-state index contributed by atoms with van der Waals surface area (Å²) in [5.74, 6) is 0.347. The van der Waals surface area contributed by atoms with Gasteiger partial charge in [0.05, 0.1) is 23.6 Å². The molecule has 0 spiro atoms. The number of ether oxygens (including phenoxy) is 1. The minimum atomic E-state index is -0.288. The van der Waals surface area contributed by atoms with Crippen molar-refractivity contribution in [2.24, 2.45) is 0 Å². The van der Waals surface area contributed by atoms with E-state index in [-0.39, 0.29) is 17.4 Å². The molecule has 5 nitrogen and oxygen atoms in total. The Hall–Kier alpha value is -3.51. The fourth-order valence-corrected chi connectivity index (χ4v) is 3.91. The van der Waals surface area contributed by atoms with Crippen molar-refractivity contribution in [3.05, 3.63) is 100 Å². The van der Waals surface area contributed by atoms with Gasteiger partial charge in [-0.15, -0.1) is 0 Å². The van der Waals surface area contributed by atoms with E-state index in [9.17, 15) is 9.18 Å². The van der Waals surface area contributed by atoms with Crippen molar-refractivity contribution in [1.29, 1.82) is 0 Å². The molecule has 0 unspecified atom stereocenters. The van der Waals surface area contributed by atoms with E-state index in [1.165, 1.54) is 12.1 Å². The molecular weight excluding hydrogens is 405 g/mol. The number of nitrogens with zero attached hydrogens (tertiary/aromatic N) is 3. The van der Waals surface area contributed by atoms with Gasteiger partial charge in [-0.2, -0.15) is 0 Å². The van der Waals surface area contributed by atoms with E-state index in [1.807, 2.05) is 74.3 Å². The average Bonchev–Trinajstić information content (AvgIpc) is 2.81. The molecule has 0 fully saturated rings. The third kappa shape index (κ3) is 4.27. The van der Waals surface area contributed by atoms with Crippen LogP contribution in [-0.4, -0.2) is 29.8 Å². The zero-order valence-corrected chi connectivity index (χ0v) is 18.5. The van der Waals surface area contributed by atoms with Gasteiger partial charge in [0.15, 0.2) is 0 Å². The molecule has 3 aromatic carbocycles. The fourth-order valence-electron chi connectivity index (χ4n) is 3.91. The molecule has 6 heteroatoms. The number of halogens is 1. The standard InChI is InChI=1S/C26H26FN3O2/c1-4-32-17-25(19-8-6-5-7-9-19)30-18(2)28-24-15-14-22(16-23(24)26(30)31)29(3)21-12-10-20(27)11-13-21/h5-16,25H,4,17H2,1-3H3/t25-/m1/s1. The molecule has 0 aliphatic rings. The normalized spacial score (nSPS) is 12.1. The SMILES string of the molecule is CCOC[C@H](c1ccccc1)n1c(C)nc2ccc(N(C)c3ccc(F)cc3)cc2c1=O. The topological polar surface area (TPSA) is 47.4 Å². The summed E-state index contributed by atoms with van der Waals surface area (Å²) in [6.45, 7) is 4.73. The Balaban J connectivity index is 1.83. The Morgan fingerprint density at radius 2 is 1.72 bits per heavy atom. The fraction of sp³-hybridized carbons (Fsp3) is 0.231. The number of fused-ring (bicyclic) bond motifs is 1. The molecule has 1 heterocycles. The number of hydrogen-bond acceptors (Lipinski definition) is 4. The molecule has 0 aliphatic heterocycles. The summed E-state index contributed by atoms with van der Waals surface area (Å²) in [4.78, 5) is 20.3. The van der Waals surface area contributed by atoms with Gasteiger partial charge in [-0.05, 0) is 61.9 Å². The van der Waals surface area contributed by atoms with Gasteiger partial charge in [0.1, 0.15) is 11.6 Å². The lowest BCUT2D eigenvalue weighted by molar-refractivity contribution is 0.123. The zero-order chi connectivity index (χ0) is 22.7. The maximum Gasteiger partial charge on any atom is 0.262 e. The van der Waals surface area contributed by atoms with Crippen LogP contribution in [0.2, 0.25) is 0 Å². The van der Waals surface area contributed by atoms with Crippen molar-refractivity contribution in [3.63, 3.8) is 0 Å². The molecule has 1 atom stereocenters. The predicted molar refractivity (Wildman–Crippen MR) is 126 cm³/mol. The van der Waals surface area contributed by atoms with Crippen LogP contribution in [0, 0.1) is 12.7 Å². The van der Waals surface area contributed by atoms with Crippen molar-refractivity contribution in [1.82, 2.24) is 9.55 Å². The lowest BCUT2D eigenvalue weighted by atomic mass is 10.1. The Kier molecular flexibility index (Phi) is 6.32. The van der Waals surface area contributed by atoms with Gasteiger partial charge < -0.3 is 9.64 Å². The van der Waals surface area contributed by atoms with Crippen LogP contribution in [0.15, 0.2) is 77.6 Å². The number of benzene rings is 3. The third-order valence-electron chi connectivity index (χ3n) is 5.64. The van der Waals surface area contributed by atoms with E-state index in [0.29, 0.717) is 29.9 Å². The maximum absolute atomic E-state index is 13.7. The highest BCUT2D eigenvalue weighted by Crippen LogP contribution is 2.27. The molecule has 0 saturated heterocycles. The van der Waals surface area contributed by atoms with Crippen LogP contribution in [0.5, 0.6) is 0 Å². The number of rotatable bonds is 7. The summed E-state index contributed by atoms with van der Waals surface area (Å²) < 4.78 is 20.8. The van der Waals surface area contributed by atoms with Crippen molar-refractivity contribution in [3.8, 4) is 0 Å². The summed E-state index contributed by atoms with van der Waals surface area (Å²) in [7, 11) is 1.89. The first-order chi connectivity index (χ1) is 15.5. The summed E-state index contributed by atoms with van der Waals surface area (Å²) in [6, 6.07) is 21.4. The molecule has 4 rings (SSSR count). The van der Waals surface area contributed by atoms with Crippen LogP contribution in [-0.2, 0) is 4.74 Å². The Labute approximate surface area is 186 Å². The molecule has 0 radical (unpaired) electrons. The van der Waals surface area contributed by atoms with Gasteiger partial charge in [0, 0.05) is 25.0 Å². The van der Waals surface area contributed by atoms with Crippen molar-refractivity contribution in [2.75, 3.05) is 25.2 Å². The number of aryl methyl sites for hydroxylation is 1. The molecule has 0 N–H and O–H groups in total. The highest BCUT2D eigenvalue weighted by Gasteiger charge is 2.20. The van der Waals surface area contributed by atoms with Crippen molar-refractivity contribution < 1.29 is 9.13 Å². The van der Waals surface area contributed by atoms with Crippen molar-refractivity contribution in [2.45, 2.75) is 19.9 Å². The quantitative estimate of drug-likeness (QED) is 0.402. The van der Waals surface area contributed by atoms with Crippen LogP contribution in [0.3, 0.4) is 0 Å². The second-order valence-electron chi connectivity index (χ2n) is 7.66. The molecule has 164 valence electrons. The molecular formula is C26H26FN3O2. The first kappa shape index (κ1) is 21.7. The highest BCUT2D eigenvalue weighted by molar-refractivity contribution is 5.83. The van der Waals surface area contributed by atoms with E-state index in [0.717, 1.165) is 16.9 Å². The minimum Gasteiger partial charge on any atom is -0.379 e. The zero-order valence-electron chi connectivity index (χ0n) is 18.5. The predicted octanol–water partition coefficient (Wildman–Crippen LogP) is 5.24. The van der Waals surface area contributed by atoms with E-state index in [2.05, 4.69) is 0 Å². The van der Waals surface area contributed by atoms with Crippen LogP contribution in [0.25, 0.3) is 10.9 Å². The second kappa shape index (κ2) is 9.32. The van der Waals surface area contributed by atoms with Crippen molar-refractivity contribution >= 4 is 22.3 Å². The molecule has 0 bridgehead atoms. The number of anilines is 2. The summed E-state index contributed by atoms with van der Waals surface area (Å²) >= 11 is 0. The molecule has 0 saturated carbocycles. The monoisotopic (exact) mass is 431 g/mol. The smallest absolute Gasteiger partial charge is 0.262 e. The molecule has 0 amide bonds. The largest absolute Gasteiger partial charge is 0.379 e. The number of hydrogen-bond donors (Lipinski definition) is 0. The molecule has 1 aromatic heterocycles. The van der Waals surface area contributed by atoms with E-state index in [4.69, 9.17) is 9.72 Å². The number of aromatic nitrogens is 2. The van der Waals surface area contributed by atoms with Crippen LogP contribution >= 0.6 is 0 Å². The lowest BCUT2D eigenvalue weighted by Crippen LogP contribution is -2.31. The van der Waals surface area contributed by atoms with Gasteiger partial charge in [0.2, 0.25) is 0 Å². The summed E-state index contributed by atoms with van der Waals surface area (Å²) in [5, 5.41) is 0.527. The third-order valence-corrected chi connectivity index (χ3v) is 5.64. The summed E-state index contributed by atoms with van der Waals surface area (Å²) in [6.07, 6.45) is 0. The molecule has 0 aliphatic carbocycles. The van der Waals surface area contributed by atoms with E-state index >= 15 is 0 Å². The Bertz CT molecular complexity index is 1270. The maximum atomic E-state index is 13.7. The first-order valence-electron chi connectivity index (χ1n) is 10.6. The molecule has 32 heavy (non-hydrogen) atoms. The minimum absolute atomic E-state index is 0.115. The molecule has 4 aromatic rings. The van der Waals surface area contributed by atoms with Crippen LogP contribution in [0.1, 0.15) is 24.4 Å². The highest BCUT2D eigenvalue weighted by atomic mass is 19.1. The van der Waals surface area contributed by atoms with Gasteiger partial charge in [0.25, 0.3) is 5.56 Å². The van der Waals surface area contributed by atoms with Gasteiger partial charge >= 0.3 is 0 Å². The Morgan fingerprint density at radius 1 is 1.03 bits per heavy atom. The van der Waals surface area contributed by atoms with E-state index < -0.39 is 0 Å². The lowest BCUT2D eigenvalue weighted by Gasteiger charge is -2.23. The second-order valence-corrected chi connectivity index (χ2v) is 7.66. The van der Waals surface area contributed by atoms with Gasteiger partial charge in [-0.25, -0.2) is 9.37 Å². The average molecular weight is 432 g/mol. The van der Waals surface area contributed by atoms with Gasteiger partial charge in [-0.3, -0.25) is 9.36 Å². The van der Waals surface area contributed by atoms with Crippen LogP contribution < -0.4 is 10.5 Å². The summed E-state index contributed by atoms with van der Waals surface area (Å²) in [5.41, 5.74) is 3.16. The first-order valence-corrected chi connectivity index (χ1v) is 10.6. The van der Waals surface area contributed by atoms with E-state index in [1.54, 1.807) is 16.7 Å².